The first-order valence-electron chi connectivity index (χ1n) is 5.94. The summed E-state index contributed by atoms with van der Waals surface area (Å²) in [6.07, 6.45) is 2.58. The minimum absolute atomic E-state index is 0.331. The number of carbonyl (C=O) groups is 1. The van der Waals surface area contributed by atoms with E-state index in [-0.39, 0.29) is 5.97 Å². The van der Waals surface area contributed by atoms with E-state index in [1.54, 1.807) is 6.92 Å². The number of nitrogen functional groups attached to an aromatic ring is 1. The Balaban J connectivity index is 2.04. The molecule has 1 aromatic rings. The van der Waals surface area contributed by atoms with E-state index in [9.17, 15) is 4.79 Å². The van der Waals surface area contributed by atoms with Crippen molar-refractivity contribution in [2.24, 2.45) is 5.92 Å². The number of esters is 1. The van der Waals surface area contributed by atoms with Gasteiger partial charge in [-0.2, -0.15) is 0 Å². The molecule has 1 unspecified atom stereocenters. The number of hydrogen-bond donors (Lipinski definition) is 2. The average molecular weight is 254 g/mol. The fraction of sp³-hybridized carbons (Fsp3) is 0.583. The number of nitrogens with two attached hydrogens (primary N) is 1. The first-order valence-corrected chi connectivity index (χ1v) is 6.76. The molecule has 5 heteroatoms. The fourth-order valence-electron chi connectivity index (χ4n) is 1.77. The van der Waals surface area contributed by atoms with Crippen LogP contribution in [0.15, 0.2) is 6.07 Å². The third kappa shape index (κ3) is 2.91. The molecule has 1 fully saturated rings. The number of ether oxygens (including phenoxy) is 1. The van der Waals surface area contributed by atoms with Crippen LogP contribution in [-0.4, -0.2) is 18.6 Å². The van der Waals surface area contributed by atoms with Gasteiger partial charge in [0.25, 0.3) is 0 Å². The Labute approximate surface area is 105 Å². The van der Waals surface area contributed by atoms with Gasteiger partial charge in [-0.05, 0) is 38.7 Å². The van der Waals surface area contributed by atoms with E-state index in [2.05, 4.69) is 12.2 Å². The van der Waals surface area contributed by atoms with E-state index in [0.717, 1.165) is 10.9 Å². The monoisotopic (exact) mass is 254 g/mol. The topological polar surface area (TPSA) is 64.3 Å². The summed E-state index contributed by atoms with van der Waals surface area (Å²) in [5, 5.41) is 4.34. The molecule has 0 saturated heterocycles. The molecule has 0 amide bonds. The smallest absolute Gasteiger partial charge is 0.350 e. The highest BCUT2D eigenvalue weighted by molar-refractivity contribution is 7.18. The second-order valence-electron chi connectivity index (χ2n) is 4.39. The van der Waals surface area contributed by atoms with E-state index in [1.807, 2.05) is 6.07 Å². The van der Waals surface area contributed by atoms with E-state index in [0.29, 0.717) is 23.2 Å². The number of carbonyl (C=O) groups excluding carboxylic acids is 1. The van der Waals surface area contributed by atoms with Crippen molar-refractivity contribution in [1.82, 2.24) is 0 Å². The molecule has 1 aliphatic carbocycles. The van der Waals surface area contributed by atoms with Crippen LogP contribution in [0.5, 0.6) is 0 Å². The molecule has 1 aliphatic rings. The van der Waals surface area contributed by atoms with E-state index < -0.39 is 0 Å². The van der Waals surface area contributed by atoms with Crippen molar-refractivity contribution in [3.63, 3.8) is 0 Å². The lowest BCUT2D eigenvalue weighted by Crippen LogP contribution is -2.16. The van der Waals surface area contributed by atoms with Gasteiger partial charge in [0.05, 0.1) is 17.3 Å². The molecule has 2 rings (SSSR count). The number of thiophene rings is 1. The van der Waals surface area contributed by atoms with Gasteiger partial charge in [-0.15, -0.1) is 11.3 Å². The predicted octanol–water partition coefficient (Wildman–Crippen LogP) is 2.72. The van der Waals surface area contributed by atoms with Gasteiger partial charge in [0.15, 0.2) is 0 Å². The van der Waals surface area contributed by atoms with Crippen LogP contribution in [0.25, 0.3) is 0 Å². The summed E-state index contributed by atoms with van der Waals surface area (Å²) in [5.41, 5.74) is 6.31. The zero-order valence-corrected chi connectivity index (χ0v) is 11.0. The minimum atomic E-state index is -0.331. The zero-order valence-electron chi connectivity index (χ0n) is 10.2. The van der Waals surface area contributed by atoms with Gasteiger partial charge < -0.3 is 15.8 Å². The molecule has 0 bridgehead atoms. The van der Waals surface area contributed by atoms with Crippen LogP contribution < -0.4 is 11.1 Å². The molecule has 0 aliphatic heterocycles. The molecule has 1 atom stereocenters. The summed E-state index contributed by atoms with van der Waals surface area (Å²) in [5.74, 6) is 0.437. The SMILES string of the molecule is CCOC(=O)c1sc(NC(C)C2CC2)cc1N. The first kappa shape index (κ1) is 12.2. The van der Waals surface area contributed by atoms with Gasteiger partial charge in [-0.25, -0.2) is 4.79 Å². The molecule has 0 spiro atoms. The molecule has 1 saturated carbocycles. The maximum atomic E-state index is 11.6. The normalized spacial score (nSPS) is 16.6. The van der Waals surface area contributed by atoms with Gasteiger partial charge in [0.2, 0.25) is 0 Å². The van der Waals surface area contributed by atoms with Crippen LogP contribution >= 0.6 is 11.3 Å². The van der Waals surface area contributed by atoms with Crippen molar-refractivity contribution in [2.75, 3.05) is 17.7 Å². The summed E-state index contributed by atoms with van der Waals surface area (Å²) in [6.45, 7) is 4.32. The Morgan fingerprint density at radius 1 is 1.71 bits per heavy atom. The lowest BCUT2D eigenvalue weighted by atomic mass is 10.2. The molecule has 94 valence electrons. The summed E-state index contributed by atoms with van der Waals surface area (Å²) < 4.78 is 4.95. The van der Waals surface area contributed by atoms with E-state index in [4.69, 9.17) is 10.5 Å². The Hall–Kier alpha value is -1.23. The molecule has 0 radical (unpaired) electrons. The summed E-state index contributed by atoms with van der Waals surface area (Å²) in [4.78, 5) is 12.1. The Morgan fingerprint density at radius 2 is 2.41 bits per heavy atom. The standard InChI is InChI=1S/C12H18N2O2S/c1-3-16-12(15)11-9(13)6-10(17-11)14-7(2)8-4-5-8/h6-8,14H,3-5,13H2,1-2H3. The molecular weight excluding hydrogens is 236 g/mol. The highest BCUT2D eigenvalue weighted by Crippen LogP contribution is 2.36. The van der Waals surface area contributed by atoms with Gasteiger partial charge >= 0.3 is 5.97 Å². The maximum absolute atomic E-state index is 11.6. The molecule has 1 heterocycles. The molecule has 17 heavy (non-hydrogen) atoms. The Bertz CT molecular complexity index is 413. The highest BCUT2D eigenvalue weighted by atomic mass is 32.1. The lowest BCUT2D eigenvalue weighted by molar-refractivity contribution is 0.0533. The lowest BCUT2D eigenvalue weighted by Gasteiger charge is -2.11. The van der Waals surface area contributed by atoms with E-state index >= 15 is 0 Å². The molecule has 4 nitrogen and oxygen atoms in total. The highest BCUT2D eigenvalue weighted by Gasteiger charge is 2.28. The van der Waals surface area contributed by atoms with Gasteiger partial charge in [-0.3, -0.25) is 0 Å². The Kier molecular flexibility index (Phi) is 3.57. The second kappa shape index (κ2) is 4.96. The van der Waals surface area contributed by atoms with Gasteiger partial charge in [-0.1, -0.05) is 0 Å². The van der Waals surface area contributed by atoms with Crippen molar-refractivity contribution in [3.8, 4) is 0 Å². The fourth-order valence-corrected chi connectivity index (χ4v) is 2.74. The average Bonchev–Trinajstić information content (AvgIpc) is 3.04. The van der Waals surface area contributed by atoms with Crippen LogP contribution in [0.3, 0.4) is 0 Å². The van der Waals surface area contributed by atoms with Crippen LogP contribution in [-0.2, 0) is 4.74 Å². The van der Waals surface area contributed by atoms with Crippen LogP contribution in [0, 0.1) is 5.92 Å². The molecule has 0 aromatic carbocycles. The Morgan fingerprint density at radius 3 is 3.00 bits per heavy atom. The van der Waals surface area contributed by atoms with Crippen LogP contribution in [0.4, 0.5) is 10.7 Å². The quantitative estimate of drug-likeness (QED) is 0.793. The van der Waals surface area contributed by atoms with Crippen molar-refractivity contribution in [3.05, 3.63) is 10.9 Å². The van der Waals surface area contributed by atoms with Gasteiger partial charge in [0, 0.05) is 6.04 Å². The first-order chi connectivity index (χ1) is 8.11. The third-order valence-corrected chi connectivity index (χ3v) is 3.98. The van der Waals surface area contributed by atoms with Gasteiger partial charge in [0.1, 0.15) is 4.88 Å². The number of rotatable bonds is 5. The maximum Gasteiger partial charge on any atom is 0.350 e. The van der Waals surface area contributed by atoms with Crippen molar-refractivity contribution < 1.29 is 9.53 Å². The van der Waals surface area contributed by atoms with E-state index in [1.165, 1.54) is 24.2 Å². The zero-order chi connectivity index (χ0) is 12.4. The van der Waals surface area contributed by atoms with Crippen LogP contribution in [0.1, 0.15) is 36.4 Å². The summed E-state index contributed by atoms with van der Waals surface area (Å²) in [7, 11) is 0. The number of anilines is 2. The molecule has 3 N–H and O–H groups in total. The van der Waals surface area contributed by atoms with Crippen molar-refractivity contribution in [1.29, 1.82) is 0 Å². The summed E-state index contributed by atoms with van der Waals surface area (Å²) >= 11 is 1.37. The third-order valence-electron chi connectivity index (χ3n) is 2.92. The second-order valence-corrected chi connectivity index (χ2v) is 5.44. The predicted molar refractivity (Wildman–Crippen MR) is 70.5 cm³/mol. The number of hydrogen-bond acceptors (Lipinski definition) is 5. The van der Waals surface area contributed by atoms with Crippen molar-refractivity contribution >= 4 is 28.0 Å². The van der Waals surface area contributed by atoms with Crippen molar-refractivity contribution in [2.45, 2.75) is 32.7 Å². The number of nitrogens with one attached hydrogen (secondary N) is 1. The molecular formula is C12H18N2O2S. The van der Waals surface area contributed by atoms with Crippen LogP contribution in [0.2, 0.25) is 0 Å². The largest absolute Gasteiger partial charge is 0.462 e. The summed E-state index contributed by atoms with van der Waals surface area (Å²) in [6, 6.07) is 2.26. The minimum Gasteiger partial charge on any atom is -0.462 e. The molecule has 1 aromatic heterocycles.